The summed E-state index contributed by atoms with van der Waals surface area (Å²) < 4.78 is 5.55. The smallest absolute Gasteiger partial charge is 0.335 e. The largest absolute Gasteiger partial charge is 0.478 e. The van der Waals surface area contributed by atoms with Gasteiger partial charge in [-0.25, -0.2) is 9.59 Å². The average Bonchev–Trinajstić information content (AvgIpc) is 2.44. The number of hydrogen-bond donors (Lipinski definition) is 2. The van der Waals surface area contributed by atoms with Crippen molar-refractivity contribution >= 4 is 12.0 Å². The maximum Gasteiger partial charge on any atom is 0.335 e. The highest BCUT2D eigenvalue weighted by Gasteiger charge is 2.29. The third kappa shape index (κ3) is 4.16. The van der Waals surface area contributed by atoms with E-state index in [1.54, 1.807) is 4.90 Å². The number of carbonyl (C=O) groups is 2. The summed E-state index contributed by atoms with van der Waals surface area (Å²) in [6, 6.07) is 2.67. The first-order valence-electron chi connectivity index (χ1n) is 6.72. The number of nitrogens with one attached hydrogen (secondary N) is 1. The fourth-order valence-electron chi connectivity index (χ4n) is 2.18. The topological polar surface area (TPSA) is 91.8 Å². The van der Waals surface area contributed by atoms with Crippen molar-refractivity contribution in [2.24, 2.45) is 0 Å². The molecule has 7 nitrogen and oxygen atoms in total. The van der Waals surface area contributed by atoms with Crippen LogP contribution in [-0.2, 0) is 11.3 Å². The van der Waals surface area contributed by atoms with E-state index in [0.717, 1.165) is 0 Å². The van der Waals surface area contributed by atoms with Gasteiger partial charge >= 0.3 is 12.0 Å². The molecule has 0 spiro atoms. The molecule has 2 rings (SSSR count). The second-order valence-corrected chi connectivity index (χ2v) is 5.53. The average molecular weight is 293 g/mol. The molecule has 114 valence electrons. The van der Waals surface area contributed by atoms with E-state index in [4.69, 9.17) is 9.84 Å². The minimum Gasteiger partial charge on any atom is -0.478 e. The van der Waals surface area contributed by atoms with Gasteiger partial charge in [-0.3, -0.25) is 4.98 Å². The fraction of sp³-hybridized carbons (Fsp3) is 0.500. The lowest BCUT2D eigenvalue weighted by Gasteiger charge is -2.38. The summed E-state index contributed by atoms with van der Waals surface area (Å²) in [7, 11) is 0. The standard InChI is InChI=1S/C14H19N3O4/c1-14(2)9-17(5-6-21-14)13(20)16-8-11-7-10(12(18)19)3-4-15-11/h3-4,7H,5-6,8-9H2,1-2H3,(H,16,20)(H,18,19). The maximum atomic E-state index is 12.1. The first kappa shape index (κ1) is 15.2. The minimum absolute atomic E-state index is 0.154. The van der Waals surface area contributed by atoms with Gasteiger partial charge in [-0.1, -0.05) is 0 Å². The van der Waals surface area contributed by atoms with Crippen LogP contribution in [0.4, 0.5) is 4.79 Å². The number of amides is 2. The molecule has 0 saturated carbocycles. The number of carboxylic acid groups (broad SMARTS) is 1. The second kappa shape index (κ2) is 6.09. The summed E-state index contributed by atoms with van der Waals surface area (Å²) >= 11 is 0. The second-order valence-electron chi connectivity index (χ2n) is 5.53. The zero-order chi connectivity index (χ0) is 15.5. The number of morpholine rings is 1. The van der Waals surface area contributed by atoms with E-state index < -0.39 is 5.97 Å². The van der Waals surface area contributed by atoms with Gasteiger partial charge in [0.25, 0.3) is 0 Å². The van der Waals surface area contributed by atoms with Crippen LogP contribution in [0, 0.1) is 0 Å². The van der Waals surface area contributed by atoms with E-state index in [9.17, 15) is 9.59 Å². The van der Waals surface area contributed by atoms with E-state index in [0.29, 0.717) is 25.4 Å². The number of carboxylic acids is 1. The van der Waals surface area contributed by atoms with E-state index in [-0.39, 0.29) is 23.7 Å². The van der Waals surface area contributed by atoms with E-state index in [1.165, 1.54) is 18.3 Å². The summed E-state index contributed by atoms with van der Waals surface area (Å²) in [5.41, 5.74) is 0.314. The third-order valence-corrected chi connectivity index (χ3v) is 3.20. The Morgan fingerprint density at radius 2 is 2.29 bits per heavy atom. The Bertz CT molecular complexity index is 545. The van der Waals surface area contributed by atoms with Gasteiger partial charge in [0.05, 0.1) is 36.6 Å². The maximum absolute atomic E-state index is 12.1. The molecule has 2 N–H and O–H groups in total. The molecule has 0 atom stereocenters. The fourth-order valence-corrected chi connectivity index (χ4v) is 2.18. The number of aromatic carboxylic acids is 1. The molecule has 1 aliphatic rings. The van der Waals surface area contributed by atoms with Crippen molar-refractivity contribution in [1.82, 2.24) is 15.2 Å². The number of nitrogens with zero attached hydrogens (tertiary/aromatic N) is 2. The molecule has 2 heterocycles. The molecule has 1 aliphatic heterocycles. The predicted octanol–water partition coefficient (Wildman–Crippen LogP) is 1.10. The summed E-state index contributed by atoms with van der Waals surface area (Å²) in [6.45, 7) is 5.62. The molecule has 0 radical (unpaired) electrons. The van der Waals surface area contributed by atoms with E-state index in [1.807, 2.05) is 13.8 Å². The van der Waals surface area contributed by atoms with Crippen LogP contribution in [0.15, 0.2) is 18.3 Å². The number of hydrogen-bond acceptors (Lipinski definition) is 4. The number of pyridine rings is 1. The molecule has 0 unspecified atom stereocenters. The lowest BCUT2D eigenvalue weighted by atomic mass is 10.1. The first-order chi connectivity index (χ1) is 9.87. The van der Waals surface area contributed by atoms with Gasteiger partial charge in [-0.2, -0.15) is 0 Å². The van der Waals surface area contributed by atoms with Crippen molar-refractivity contribution in [2.45, 2.75) is 26.0 Å². The molecule has 1 fully saturated rings. The Balaban J connectivity index is 1.92. The van der Waals surface area contributed by atoms with Crippen LogP contribution >= 0.6 is 0 Å². The van der Waals surface area contributed by atoms with Gasteiger partial charge in [0.2, 0.25) is 0 Å². The molecule has 1 saturated heterocycles. The van der Waals surface area contributed by atoms with Crippen LogP contribution in [0.1, 0.15) is 29.9 Å². The van der Waals surface area contributed by atoms with Gasteiger partial charge in [0.1, 0.15) is 0 Å². The molecule has 1 aromatic heterocycles. The molecular weight excluding hydrogens is 274 g/mol. The van der Waals surface area contributed by atoms with Crippen LogP contribution < -0.4 is 5.32 Å². The van der Waals surface area contributed by atoms with Crippen molar-refractivity contribution < 1.29 is 19.4 Å². The molecular formula is C14H19N3O4. The number of rotatable bonds is 3. The minimum atomic E-state index is -1.01. The summed E-state index contributed by atoms with van der Waals surface area (Å²) in [4.78, 5) is 28.7. The predicted molar refractivity (Wildman–Crippen MR) is 75.0 cm³/mol. The number of aromatic nitrogens is 1. The molecule has 0 aromatic carbocycles. The lowest BCUT2D eigenvalue weighted by Crippen LogP contribution is -2.53. The van der Waals surface area contributed by atoms with Crippen molar-refractivity contribution in [3.8, 4) is 0 Å². The molecule has 0 bridgehead atoms. The quantitative estimate of drug-likeness (QED) is 0.870. The molecule has 21 heavy (non-hydrogen) atoms. The van der Waals surface area contributed by atoms with Crippen LogP contribution in [0.3, 0.4) is 0 Å². The van der Waals surface area contributed by atoms with Crippen molar-refractivity contribution in [2.75, 3.05) is 19.7 Å². The Labute approximate surface area is 122 Å². The Hall–Kier alpha value is -2.15. The normalized spacial score (nSPS) is 17.3. The monoisotopic (exact) mass is 293 g/mol. The lowest BCUT2D eigenvalue weighted by molar-refractivity contribution is -0.0733. The van der Waals surface area contributed by atoms with E-state index in [2.05, 4.69) is 10.3 Å². The van der Waals surface area contributed by atoms with Crippen molar-refractivity contribution in [3.63, 3.8) is 0 Å². The molecule has 7 heteroatoms. The van der Waals surface area contributed by atoms with Crippen LogP contribution in [-0.4, -0.2) is 52.3 Å². The van der Waals surface area contributed by atoms with Crippen LogP contribution in [0.2, 0.25) is 0 Å². The van der Waals surface area contributed by atoms with Gasteiger partial charge in [0.15, 0.2) is 0 Å². The van der Waals surface area contributed by atoms with Crippen molar-refractivity contribution in [1.29, 1.82) is 0 Å². The molecule has 2 amide bonds. The highest BCUT2D eigenvalue weighted by atomic mass is 16.5. The Kier molecular flexibility index (Phi) is 4.42. The SMILES string of the molecule is CC1(C)CN(C(=O)NCc2cc(C(=O)O)ccn2)CCO1. The summed E-state index contributed by atoms with van der Waals surface area (Å²) in [5, 5.41) is 11.7. The zero-order valence-corrected chi connectivity index (χ0v) is 12.1. The number of ether oxygens (including phenoxy) is 1. The Morgan fingerprint density at radius 1 is 1.52 bits per heavy atom. The van der Waals surface area contributed by atoms with Gasteiger partial charge in [-0.05, 0) is 26.0 Å². The highest BCUT2D eigenvalue weighted by Crippen LogP contribution is 2.16. The first-order valence-corrected chi connectivity index (χ1v) is 6.72. The van der Waals surface area contributed by atoms with Crippen LogP contribution in [0.25, 0.3) is 0 Å². The Morgan fingerprint density at radius 3 is 2.95 bits per heavy atom. The molecule has 1 aromatic rings. The number of carbonyl (C=O) groups excluding carboxylic acids is 1. The number of urea groups is 1. The zero-order valence-electron chi connectivity index (χ0n) is 12.1. The van der Waals surface area contributed by atoms with Gasteiger partial charge in [0, 0.05) is 12.7 Å². The third-order valence-electron chi connectivity index (χ3n) is 3.20. The van der Waals surface area contributed by atoms with Crippen LogP contribution in [0.5, 0.6) is 0 Å². The summed E-state index contributed by atoms with van der Waals surface area (Å²) in [6.07, 6.45) is 1.42. The highest BCUT2D eigenvalue weighted by molar-refractivity contribution is 5.87. The van der Waals surface area contributed by atoms with Gasteiger partial charge in [-0.15, -0.1) is 0 Å². The van der Waals surface area contributed by atoms with E-state index >= 15 is 0 Å². The molecule has 0 aliphatic carbocycles. The summed E-state index contributed by atoms with van der Waals surface area (Å²) in [5.74, 6) is -1.01. The van der Waals surface area contributed by atoms with Gasteiger partial charge < -0.3 is 20.1 Å². The van der Waals surface area contributed by atoms with Crippen molar-refractivity contribution in [3.05, 3.63) is 29.6 Å².